The summed E-state index contributed by atoms with van der Waals surface area (Å²) in [6.45, 7) is 4.54. The van der Waals surface area contributed by atoms with Crippen molar-refractivity contribution in [1.82, 2.24) is 0 Å². The zero-order valence-electron chi connectivity index (χ0n) is 13.1. The predicted molar refractivity (Wildman–Crippen MR) is 76.5 cm³/mol. The first-order valence-electron chi connectivity index (χ1n) is 6.98. The van der Waals surface area contributed by atoms with Gasteiger partial charge in [-0.1, -0.05) is 0 Å². The van der Waals surface area contributed by atoms with Gasteiger partial charge in [-0.2, -0.15) is 0 Å². The molecule has 1 heterocycles. The van der Waals surface area contributed by atoms with Crippen molar-refractivity contribution < 1.29 is 28.8 Å². The van der Waals surface area contributed by atoms with Crippen LogP contribution in [-0.2, 0) is 23.7 Å². The second kappa shape index (κ2) is 8.31. The molecule has 0 radical (unpaired) electrons. The Hall–Kier alpha value is -0.175. The second-order valence-electron chi connectivity index (χ2n) is 5.66. The van der Waals surface area contributed by atoms with Gasteiger partial charge in [0.15, 0.2) is 0 Å². The lowest BCUT2D eigenvalue weighted by molar-refractivity contribution is -0.171. The molecule has 4 unspecified atom stereocenters. The second-order valence-corrected chi connectivity index (χ2v) is 5.66. The summed E-state index contributed by atoms with van der Waals surface area (Å²) in [7, 11) is 5.22. The lowest BCUT2D eigenvalue weighted by atomic mass is 9.93. The van der Waals surface area contributed by atoms with Crippen molar-refractivity contribution in [2.75, 3.05) is 34.2 Å². The predicted octanol–water partition coefficient (Wildman–Crippen LogP) is -0.474. The van der Waals surface area contributed by atoms with E-state index in [1.54, 1.807) is 14.2 Å². The van der Waals surface area contributed by atoms with E-state index in [-0.39, 0.29) is 37.7 Å². The number of aliphatic hydroxyl groups is 1. The Morgan fingerprint density at radius 2 is 1.95 bits per heavy atom. The molecule has 4 atom stereocenters. The molecule has 0 spiro atoms. The van der Waals surface area contributed by atoms with Crippen molar-refractivity contribution >= 4 is 7.85 Å². The summed E-state index contributed by atoms with van der Waals surface area (Å²) in [5, 5.41) is 8.95. The van der Waals surface area contributed by atoms with Crippen LogP contribution in [0.4, 0.5) is 0 Å². The zero-order chi connectivity index (χ0) is 15.2. The van der Waals surface area contributed by atoms with E-state index in [4.69, 9.17) is 28.8 Å². The third-order valence-electron chi connectivity index (χ3n) is 3.57. The Bertz CT molecular complexity index is 276. The quantitative estimate of drug-likeness (QED) is 0.457. The van der Waals surface area contributed by atoms with Crippen LogP contribution in [0.2, 0.25) is 0 Å². The highest BCUT2D eigenvalue weighted by atomic mass is 16.7. The van der Waals surface area contributed by atoms with Gasteiger partial charge in [0.05, 0.1) is 18.2 Å². The molecule has 0 aromatic rings. The summed E-state index contributed by atoms with van der Waals surface area (Å²) in [5.74, 6) is 0. The summed E-state index contributed by atoms with van der Waals surface area (Å²) < 4.78 is 27.8. The Balaban J connectivity index is 2.45. The van der Waals surface area contributed by atoms with Crippen LogP contribution in [0, 0.1) is 0 Å². The molecule has 1 rings (SSSR count). The van der Waals surface area contributed by atoms with Crippen LogP contribution in [0.25, 0.3) is 0 Å². The number of ether oxygens (including phenoxy) is 5. The highest BCUT2D eigenvalue weighted by molar-refractivity contribution is 6.11. The number of hydrogen-bond acceptors (Lipinski definition) is 6. The smallest absolute Gasteiger partial charge is 0.148 e. The number of hydrogen-bond donors (Lipinski definition) is 1. The molecule has 1 N–H and O–H groups in total. The molecule has 0 aromatic carbocycles. The monoisotopic (exact) mass is 290 g/mol. The lowest BCUT2D eigenvalue weighted by Crippen LogP contribution is -2.39. The molecule has 7 heteroatoms. The van der Waals surface area contributed by atoms with Crippen molar-refractivity contribution in [1.29, 1.82) is 0 Å². The van der Waals surface area contributed by atoms with Gasteiger partial charge >= 0.3 is 0 Å². The Morgan fingerprint density at radius 3 is 2.50 bits per heavy atom. The van der Waals surface area contributed by atoms with E-state index >= 15 is 0 Å². The van der Waals surface area contributed by atoms with Crippen LogP contribution in [0.1, 0.15) is 20.3 Å². The summed E-state index contributed by atoms with van der Waals surface area (Å²) >= 11 is 0. The Labute approximate surface area is 122 Å². The highest BCUT2D eigenvalue weighted by Crippen LogP contribution is 2.25. The maximum atomic E-state index is 8.95. The van der Waals surface area contributed by atoms with Crippen LogP contribution in [0.15, 0.2) is 0 Å². The van der Waals surface area contributed by atoms with Crippen molar-refractivity contribution in [3.8, 4) is 0 Å². The molecule has 118 valence electrons. The van der Waals surface area contributed by atoms with E-state index in [1.807, 2.05) is 21.7 Å². The lowest BCUT2D eigenvalue weighted by Gasteiger charge is -2.27. The molecular formula is C13H27BO6. The molecule has 6 nitrogen and oxygen atoms in total. The van der Waals surface area contributed by atoms with Gasteiger partial charge in [-0.3, -0.25) is 0 Å². The molecule has 0 amide bonds. The first kappa shape index (κ1) is 17.9. The van der Waals surface area contributed by atoms with Gasteiger partial charge in [0.25, 0.3) is 0 Å². The standard InChI is InChI=1S/C13H27BO6/c1-13(2,5-6-15)19-8-18-11-10(17-4)9(7-16-3)20-12(11)14/h9-12,15H,5-8,14H2,1-4H3. The van der Waals surface area contributed by atoms with Gasteiger partial charge in [0, 0.05) is 20.8 Å². The van der Waals surface area contributed by atoms with E-state index in [0.717, 1.165) is 0 Å². The van der Waals surface area contributed by atoms with Crippen LogP contribution in [-0.4, -0.2) is 77.1 Å². The zero-order valence-corrected chi connectivity index (χ0v) is 13.1. The molecular weight excluding hydrogens is 263 g/mol. The normalized spacial score (nSPS) is 30.9. The minimum absolute atomic E-state index is 0.0790. The number of methoxy groups -OCH3 is 2. The summed E-state index contributed by atoms with van der Waals surface area (Å²) in [4.78, 5) is 0. The van der Waals surface area contributed by atoms with E-state index in [2.05, 4.69) is 0 Å². The highest BCUT2D eigenvalue weighted by Gasteiger charge is 2.43. The van der Waals surface area contributed by atoms with Gasteiger partial charge in [-0.25, -0.2) is 0 Å². The van der Waals surface area contributed by atoms with E-state index < -0.39 is 5.60 Å². The van der Waals surface area contributed by atoms with Gasteiger partial charge in [-0.05, 0) is 20.3 Å². The molecule has 1 saturated heterocycles. The summed E-state index contributed by atoms with van der Waals surface area (Å²) in [5.41, 5.74) is -0.411. The minimum Gasteiger partial charge on any atom is -0.396 e. The maximum absolute atomic E-state index is 8.95. The Kier molecular flexibility index (Phi) is 7.43. The van der Waals surface area contributed by atoms with Crippen molar-refractivity contribution in [2.45, 2.75) is 50.2 Å². The molecule has 0 saturated carbocycles. The maximum Gasteiger partial charge on any atom is 0.148 e. The molecule has 0 aliphatic carbocycles. The van der Waals surface area contributed by atoms with E-state index in [9.17, 15) is 0 Å². The molecule has 20 heavy (non-hydrogen) atoms. The third kappa shape index (κ3) is 4.98. The molecule has 0 bridgehead atoms. The topological polar surface area (TPSA) is 66.4 Å². The van der Waals surface area contributed by atoms with Crippen LogP contribution in [0.5, 0.6) is 0 Å². The Morgan fingerprint density at radius 1 is 1.25 bits per heavy atom. The van der Waals surface area contributed by atoms with Crippen molar-refractivity contribution in [3.05, 3.63) is 0 Å². The van der Waals surface area contributed by atoms with Gasteiger partial charge in [0.2, 0.25) is 0 Å². The SMILES string of the molecule is BC1OC(COC)C(OC)C1OCOC(C)(C)CCO. The molecule has 1 fully saturated rings. The minimum atomic E-state index is -0.411. The van der Waals surface area contributed by atoms with E-state index in [1.165, 1.54) is 0 Å². The number of rotatable bonds is 9. The van der Waals surface area contributed by atoms with Crippen molar-refractivity contribution in [3.63, 3.8) is 0 Å². The largest absolute Gasteiger partial charge is 0.396 e. The molecule has 0 aromatic heterocycles. The fourth-order valence-electron chi connectivity index (χ4n) is 2.34. The van der Waals surface area contributed by atoms with Crippen molar-refractivity contribution in [2.24, 2.45) is 0 Å². The molecule has 1 aliphatic rings. The van der Waals surface area contributed by atoms with Crippen LogP contribution in [0.3, 0.4) is 0 Å². The van der Waals surface area contributed by atoms with Gasteiger partial charge in [-0.15, -0.1) is 0 Å². The first-order chi connectivity index (χ1) is 9.45. The van der Waals surface area contributed by atoms with Gasteiger partial charge in [0.1, 0.15) is 33.0 Å². The molecule has 1 aliphatic heterocycles. The third-order valence-corrected chi connectivity index (χ3v) is 3.57. The first-order valence-corrected chi connectivity index (χ1v) is 6.98. The van der Waals surface area contributed by atoms with Crippen LogP contribution >= 0.6 is 0 Å². The fraction of sp³-hybridized carbons (Fsp3) is 1.00. The fourth-order valence-corrected chi connectivity index (χ4v) is 2.34. The average Bonchev–Trinajstić information content (AvgIpc) is 2.65. The summed E-state index contributed by atoms with van der Waals surface area (Å²) in [6.07, 6.45) is 0.0719. The van der Waals surface area contributed by atoms with Gasteiger partial charge < -0.3 is 28.8 Å². The summed E-state index contributed by atoms with van der Waals surface area (Å²) in [6, 6.07) is -0.0790. The average molecular weight is 290 g/mol. The van der Waals surface area contributed by atoms with E-state index in [0.29, 0.717) is 13.0 Å². The number of aliphatic hydroxyl groups excluding tert-OH is 1. The van der Waals surface area contributed by atoms with Crippen LogP contribution < -0.4 is 0 Å².